The molecule has 0 aromatic carbocycles. The minimum absolute atomic E-state index is 0.130. The third kappa shape index (κ3) is 2.59. The van der Waals surface area contributed by atoms with E-state index in [1.54, 1.807) is 14.0 Å². The van der Waals surface area contributed by atoms with Crippen molar-refractivity contribution in [1.29, 1.82) is 0 Å². The van der Waals surface area contributed by atoms with Crippen molar-refractivity contribution in [2.24, 2.45) is 0 Å². The zero-order valence-electron chi connectivity index (χ0n) is 9.06. The first kappa shape index (κ1) is 13.7. The van der Waals surface area contributed by atoms with Crippen LogP contribution in [0.3, 0.4) is 0 Å². The molecular weight excluding hydrogens is 297 g/mol. The molecule has 0 rings (SSSR count). The van der Waals surface area contributed by atoms with Gasteiger partial charge in [-0.1, -0.05) is 0 Å². The number of amides is 1. The number of rotatable bonds is 5. The van der Waals surface area contributed by atoms with Crippen LogP contribution in [-0.2, 0) is 4.79 Å². The molecule has 5 heteroatoms. The number of halogens is 1. The molecule has 0 saturated carbocycles. The third-order valence-electron chi connectivity index (χ3n) is 2.33. The fourth-order valence-corrected chi connectivity index (χ4v) is 6.41. The van der Waals surface area contributed by atoms with Gasteiger partial charge in [0.15, 0.2) is 0 Å². The summed E-state index contributed by atoms with van der Waals surface area (Å²) in [6, 6.07) is 0. The summed E-state index contributed by atoms with van der Waals surface area (Å²) < 4.78 is -0.777. The molecule has 1 amide bonds. The number of hydrogen-bond acceptors (Lipinski definition) is 2. The van der Waals surface area contributed by atoms with Gasteiger partial charge < -0.3 is 0 Å². The average Bonchev–Trinajstić information content (AvgIpc) is 2.16. The number of carboxylic acid groups (broad SMARTS) is 1. The van der Waals surface area contributed by atoms with E-state index < -0.39 is 27.2 Å². The Kier molecular flexibility index (Phi) is 5.40. The van der Waals surface area contributed by atoms with E-state index in [0.717, 1.165) is 0 Å². The second-order valence-corrected chi connectivity index (χ2v) is 9.91. The van der Waals surface area contributed by atoms with Crippen LogP contribution in [0.2, 0.25) is 0 Å². The van der Waals surface area contributed by atoms with Gasteiger partial charge in [-0.05, 0) is 0 Å². The fraction of sp³-hybridized carbons (Fsp3) is 0.778. The standard InChI is InChI=1S/C9H18INO3/c1-5-9(3,7(12)11-4)10(6-2)8(13)14/h5-6H2,1-4H3,(H,11,12)(H,13,14)/t9-/m1/s1. The molecule has 0 aromatic heterocycles. The molecule has 0 heterocycles. The summed E-state index contributed by atoms with van der Waals surface area (Å²) in [7, 11) is 1.56. The summed E-state index contributed by atoms with van der Waals surface area (Å²) in [4.78, 5) is 22.7. The monoisotopic (exact) mass is 315 g/mol. The van der Waals surface area contributed by atoms with Crippen molar-refractivity contribution in [3.63, 3.8) is 0 Å². The van der Waals surface area contributed by atoms with Gasteiger partial charge in [0.25, 0.3) is 0 Å². The Morgan fingerprint density at radius 2 is 1.93 bits per heavy atom. The van der Waals surface area contributed by atoms with Crippen LogP contribution >= 0.6 is 19.8 Å². The maximum absolute atomic E-state index is 11.6. The van der Waals surface area contributed by atoms with Crippen molar-refractivity contribution in [1.82, 2.24) is 5.32 Å². The first-order valence-corrected chi connectivity index (χ1v) is 8.23. The molecule has 0 aliphatic carbocycles. The van der Waals surface area contributed by atoms with Crippen molar-refractivity contribution in [3.05, 3.63) is 0 Å². The molecule has 0 bridgehead atoms. The van der Waals surface area contributed by atoms with Crippen LogP contribution < -0.4 is 5.32 Å². The van der Waals surface area contributed by atoms with Crippen LogP contribution in [-0.4, -0.2) is 29.9 Å². The van der Waals surface area contributed by atoms with E-state index in [1.807, 2.05) is 13.8 Å². The molecule has 0 unspecified atom stereocenters. The van der Waals surface area contributed by atoms with Crippen LogP contribution in [0.5, 0.6) is 0 Å². The summed E-state index contributed by atoms with van der Waals surface area (Å²) in [5.74, 6) is -0.130. The Morgan fingerprint density at radius 3 is 2.14 bits per heavy atom. The molecule has 84 valence electrons. The Balaban J connectivity index is 4.99. The van der Waals surface area contributed by atoms with E-state index in [2.05, 4.69) is 5.32 Å². The van der Waals surface area contributed by atoms with Crippen LogP contribution in [0, 0.1) is 0 Å². The quantitative estimate of drug-likeness (QED) is 0.464. The number of nitrogens with one attached hydrogen (secondary N) is 1. The molecule has 0 aromatic rings. The molecule has 0 aliphatic heterocycles. The Hall–Kier alpha value is -0.330. The average molecular weight is 315 g/mol. The molecule has 0 saturated heterocycles. The van der Waals surface area contributed by atoms with E-state index >= 15 is 0 Å². The number of hydrogen-bond donors (Lipinski definition) is 2. The Labute approximate surface area is 91.8 Å². The summed E-state index contributed by atoms with van der Waals surface area (Å²) in [6.07, 6.45) is 0.595. The molecule has 1 atom stereocenters. The number of alkyl halides is 2. The summed E-state index contributed by atoms with van der Waals surface area (Å²) in [5.41, 5.74) is 0. The predicted molar refractivity (Wildman–Crippen MR) is 65.3 cm³/mol. The van der Waals surface area contributed by atoms with Crippen LogP contribution in [0.25, 0.3) is 0 Å². The van der Waals surface area contributed by atoms with Crippen LogP contribution in [0.15, 0.2) is 0 Å². The molecule has 0 spiro atoms. The second-order valence-electron chi connectivity index (χ2n) is 3.01. The SMILES string of the molecule is CCI(C(=O)O)[C@](C)(CC)C(=O)NC. The van der Waals surface area contributed by atoms with Crippen molar-refractivity contribution < 1.29 is 14.7 Å². The molecular formula is C9H18INO3. The fourth-order valence-electron chi connectivity index (χ4n) is 1.27. The molecule has 4 nitrogen and oxygen atoms in total. The first-order valence-electron chi connectivity index (χ1n) is 4.54. The molecule has 0 radical (unpaired) electrons. The topological polar surface area (TPSA) is 66.4 Å². The van der Waals surface area contributed by atoms with Gasteiger partial charge >= 0.3 is 91.8 Å². The van der Waals surface area contributed by atoms with Crippen molar-refractivity contribution in [2.45, 2.75) is 30.6 Å². The van der Waals surface area contributed by atoms with Gasteiger partial charge in [-0.15, -0.1) is 0 Å². The van der Waals surface area contributed by atoms with Crippen molar-refractivity contribution in [3.8, 4) is 0 Å². The minimum atomic E-state index is -2.28. The van der Waals surface area contributed by atoms with Gasteiger partial charge in [0.1, 0.15) is 0 Å². The molecule has 0 fully saturated rings. The molecule has 14 heavy (non-hydrogen) atoms. The second kappa shape index (κ2) is 5.53. The first-order chi connectivity index (χ1) is 6.43. The summed E-state index contributed by atoms with van der Waals surface area (Å²) in [5, 5.41) is 11.6. The van der Waals surface area contributed by atoms with Gasteiger partial charge in [-0.3, -0.25) is 0 Å². The zero-order chi connectivity index (χ0) is 11.4. The van der Waals surface area contributed by atoms with E-state index in [-0.39, 0.29) is 5.91 Å². The Morgan fingerprint density at radius 1 is 1.43 bits per heavy atom. The maximum atomic E-state index is 11.6. The molecule has 0 aliphatic rings. The van der Waals surface area contributed by atoms with Gasteiger partial charge in [0.05, 0.1) is 0 Å². The number of carbonyl (C=O) groups is 2. The summed E-state index contributed by atoms with van der Waals surface area (Å²) >= 11 is -2.28. The van der Waals surface area contributed by atoms with Crippen LogP contribution in [0.1, 0.15) is 27.2 Å². The van der Waals surface area contributed by atoms with Gasteiger partial charge in [-0.2, -0.15) is 0 Å². The number of carbonyl (C=O) groups excluding carboxylic acids is 1. The van der Waals surface area contributed by atoms with E-state index in [9.17, 15) is 9.59 Å². The van der Waals surface area contributed by atoms with Gasteiger partial charge in [0, 0.05) is 0 Å². The van der Waals surface area contributed by atoms with E-state index in [0.29, 0.717) is 10.8 Å². The van der Waals surface area contributed by atoms with Crippen molar-refractivity contribution in [2.75, 3.05) is 11.5 Å². The summed E-state index contributed by atoms with van der Waals surface area (Å²) in [6.45, 7) is 5.50. The Bertz CT molecular complexity index is 232. The van der Waals surface area contributed by atoms with Gasteiger partial charge in [0.2, 0.25) is 0 Å². The van der Waals surface area contributed by atoms with Crippen molar-refractivity contribution >= 4 is 29.7 Å². The van der Waals surface area contributed by atoms with Crippen LogP contribution in [0.4, 0.5) is 4.79 Å². The predicted octanol–water partition coefficient (Wildman–Crippen LogP) is 2.11. The normalized spacial score (nSPS) is 15.6. The zero-order valence-corrected chi connectivity index (χ0v) is 11.2. The van der Waals surface area contributed by atoms with E-state index in [4.69, 9.17) is 5.11 Å². The molecule has 2 N–H and O–H groups in total. The van der Waals surface area contributed by atoms with Gasteiger partial charge in [-0.25, -0.2) is 0 Å². The van der Waals surface area contributed by atoms with E-state index in [1.165, 1.54) is 0 Å². The third-order valence-corrected chi connectivity index (χ3v) is 9.10.